The van der Waals surface area contributed by atoms with Crippen molar-refractivity contribution in [3.63, 3.8) is 0 Å². The molecule has 0 amide bonds. The average molecular weight is 326 g/mol. The van der Waals surface area contributed by atoms with Gasteiger partial charge in [-0.05, 0) is 24.6 Å². The normalized spacial score (nSPS) is 12.3. The van der Waals surface area contributed by atoms with Crippen LogP contribution in [0.4, 0.5) is 4.39 Å². The van der Waals surface area contributed by atoms with Crippen LogP contribution in [-0.4, -0.2) is 25.9 Å². The Morgan fingerprint density at radius 3 is 2.58 bits per heavy atom. The van der Waals surface area contributed by atoms with Crippen molar-refractivity contribution in [3.05, 3.63) is 71.9 Å². The van der Waals surface area contributed by atoms with Crippen LogP contribution in [0.2, 0.25) is 0 Å². The van der Waals surface area contributed by atoms with Crippen LogP contribution in [0.5, 0.6) is 5.75 Å². The number of phenols is 1. The summed E-state index contributed by atoms with van der Waals surface area (Å²) in [6, 6.07) is 13.7. The zero-order valence-electron chi connectivity index (χ0n) is 13.4. The highest BCUT2D eigenvalue weighted by atomic mass is 19.1. The molecule has 0 aliphatic rings. The van der Waals surface area contributed by atoms with Crippen molar-refractivity contribution >= 4 is 0 Å². The Balaban J connectivity index is 2.00. The van der Waals surface area contributed by atoms with Crippen molar-refractivity contribution < 1.29 is 14.6 Å². The molecule has 0 bridgehead atoms. The van der Waals surface area contributed by atoms with E-state index in [0.29, 0.717) is 18.5 Å². The summed E-state index contributed by atoms with van der Waals surface area (Å²) in [6.07, 6.45) is 1.59. The summed E-state index contributed by atoms with van der Waals surface area (Å²) >= 11 is 0. The van der Waals surface area contributed by atoms with E-state index in [9.17, 15) is 14.6 Å². The number of nitrogens with zero attached hydrogens (tertiary/aromatic N) is 2. The fourth-order valence-corrected chi connectivity index (χ4v) is 2.80. The number of aromatic hydroxyl groups is 1. The fraction of sp³-hybridized carbons (Fsp3) is 0.211. The van der Waals surface area contributed by atoms with Crippen LogP contribution in [0.15, 0.2) is 54.9 Å². The van der Waals surface area contributed by atoms with Crippen LogP contribution in [-0.2, 0) is 13.0 Å². The number of halogens is 1. The minimum Gasteiger partial charge on any atom is -0.508 e. The SMILES string of the molecule is CC(O)Cc1c(-c2ccccc2)ncn1Cc1cc(O)cc(F)c1. The van der Waals surface area contributed by atoms with E-state index in [0.717, 1.165) is 23.0 Å². The maximum atomic E-state index is 13.5. The lowest BCUT2D eigenvalue weighted by Gasteiger charge is -2.12. The van der Waals surface area contributed by atoms with Crippen molar-refractivity contribution in [2.45, 2.75) is 26.0 Å². The molecule has 0 fully saturated rings. The van der Waals surface area contributed by atoms with E-state index >= 15 is 0 Å². The molecule has 2 aromatic carbocycles. The first-order valence-electron chi connectivity index (χ1n) is 7.79. The first kappa shape index (κ1) is 16.2. The molecule has 0 aliphatic carbocycles. The van der Waals surface area contributed by atoms with Crippen molar-refractivity contribution in [2.24, 2.45) is 0 Å². The number of rotatable bonds is 5. The van der Waals surface area contributed by atoms with E-state index in [2.05, 4.69) is 4.98 Å². The summed E-state index contributed by atoms with van der Waals surface area (Å²) in [5, 5.41) is 19.4. The Morgan fingerprint density at radius 1 is 1.17 bits per heavy atom. The van der Waals surface area contributed by atoms with Crippen molar-refractivity contribution in [1.29, 1.82) is 0 Å². The minimum absolute atomic E-state index is 0.106. The van der Waals surface area contributed by atoms with Crippen molar-refractivity contribution in [2.75, 3.05) is 0 Å². The third-order valence-electron chi connectivity index (χ3n) is 3.78. The second-order valence-electron chi connectivity index (χ2n) is 5.90. The number of imidazole rings is 1. The van der Waals surface area contributed by atoms with Gasteiger partial charge in [-0.25, -0.2) is 9.37 Å². The van der Waals surface area contributed by atoms with Gasteiger partial charge in [0.1, 0.15) is 11.6 Å². The molecule has 1 unspecified atom stereocenters. The maximum absolute atomic E-state index is 13.5. The largest absolute Gasteiger partial charge is 0.508 e. The summed E-state index contributed by atoms with van der Waals surface area (Å²) in [5.74, 6) is -0.587. The number of phenolic OH excluding ortho intramolecular Hbond substituents is 1. The van der Waals surface area contributed by atoms with Crippen LogP contribution in [0.1, 0.15) is 18.2 Å². The van der Waals surface area contributed by atoms with Gasteiger partial charge in [-0.3, -0.25) is 0 Å². The van der Waals surface area contributed by atoms with Crippen LogP contribution in [0.3, 0.4) is 0 Å². The highest BCUT2D eigenvalue weighted by Gasteiger charge is 2.15. The topological polar surface area (TPSA) is 58.3 Å². The number of aliphatic hydroxyl groups is 1. The van der Waals surface area contributed by atoms with Gasteiger partial charge in [0, 0.05) is 30.3 Å². The Bertz CT molecular complexity index is 808. The van der Waals surface area contributed by atoms with Crippen molar-refractivity contribution in [3.8, 4) is 17.0 Å². The van der Waals surface area contributed by atoms with Gasteiger partial charge in [0.25, 0.3) is 0 Å². The zero-order chi connectivity index (χ0) is 17.1. The van der Waals surface area contributed by atoms with Gasteiger partial charge in [-0.15, -0.1) is 0 Å². The zero-order valence-corrected chi connectivity index (χ0v) is 13.4. The van der Waals surface area contributed by atoms with E-state index in [1.165, 1.54) is 12.1 Å². The molecule has 2 N–H and O–H groups in total. The number of benzene rings is 2. The molecule has 0 aliphatic heterocycles. The molecular formula is C19H19FN2O2. The number of hydrogen-bond acceptors (Lipinski definition) is 3. The molecular weight excluding hydrogens is 307 g/mol. The number of aliphatic hydroxyl groups excluding tert-OH is 1. The molecule has 0 saturated heterocycles. The summed E-state index contributed by atoms with van der Waals surface area (Å²) in [4.78, 5) is 4.48. The molecule has 1 aromatic heterocycles. The third-order valence-corrected chi connectivity index (χ3v) is 3.78. The molecule has 3 rings (SSSR count). The van der Waals surface area contributed by atoms with Gasteiger partial charge in [0.05, 0.1) is 18.1 Å². The maximum Gasteiger partial charge on any atom is 0.127 e. The molecule has 1 atom stereocenters. The van der Waals surface area contributed by atoms with E-state index in [1.807, 2.05) is 34.9 Å². The molecule has 24 heavy (non-hydrogen) atoms. The number of hydrogen-bond donors (Lipinski definition) is 2. The van der Waals surface area contributed by atoms with Crippen LogP contribution in [0.25, 0.3) is 11.3 Å². The van der Waals surface area contributed by atoms with E-state index < -0.39 is 11.9 Å². The predicted octanol–water partition coefficient (Wildman–Crippen LogP) is 3.37. The molecule has 3 aromatic rings. The molecule has 0 spiro atoms. The van der Waals surface area contributed by atoms with Crippen LogP contribution < -0.4 is 0 Å². The van der Waals surface area contributed by atoms with Gasteiger partial charge in [0.2, 0.25) is 0 Å². The Kier molecular flexibility index (Phi) is 4.62. The predicted molar refractivity (Wildman–Crippen MR) is 90.2 cm³/mol. The summed E-state index contributed by atoms with van der Waals surface area (Å²) in [6.45, 7) is 2.09. The van der Waals surface area contributed by atoms with Gasteiger partial charge >= 0.3 is 0 Å². The van der Waals surface area contributed by atoms with E-state index in [1.54, 1.807) is 13.3 Å². The molecule has 4 nitrogen and oxygen atoms in total. The van der Waals surface area contributed by atoms with Crippen molar-refractivity contribution in [1.82, 2.24) is 9.55 Å². The highest BCUT2D eigenvalue weighted by Crippen LogP contribution is 2.25. The Hall–Kier alpha value is -2.66. The second kappa shape index (κ2) is 6.84. The second-order valence-corrected chi connectivity index (χ2v) is 5.90. The highest BCUT2D eigenvalue weighted by molar-refractivity contribution is 5.62. The molecule has 5 heteroatoms. The molecule has 0 saturated carbocycles. The molecule has 1 heterocycles. The first-order valence-corrected chi connectivity index (χ1v) is 7.79. The van der Waals surface area contributed by atoms with E-state index in [-0.39, 0.29) is 5.75 Å². The van der Waals surface area contributed by atoms with Gasteiger partial charge in [-0.1, -0.05) is 30.3 Å². The summed E-state index contributed by atoms with van der Waals surface area (Å²) in [5.41, 5.74) is 3.28. The summed E-state index contributed by atoms with van der Waals surface area (Å²) < 4.78 is 15.4. The van der Waals surface area contributed by atoms with E-state index in [4.69, 9.17) is 0 Å². The first-order chi connectivity index (χ1) is 11.5. The monoisotopic (exact) mass is 326 g/mol. The molecule has 0 radical (unpaired) electrons. The summed E-state index contributed by atoms with van der Waals surface area (Å²) in [7, 11) is 0. The lowest BCUT2D eigenvalue weighted by molar-refractivity contribution is 0.193. The molecule has 124 valence electrons. The van der Waals surface area contributed by atoms with Crippen LogP contribution >= 0.6 is 0 Å². The standard InChI is InChI=1S/C19H19FN2O2/c1-13(23)7-18-19(15-5-3-2-4-6-15)21-12-22(18)11-14-8-16(20)10-17(24)9-14/h2-6,8-10,12-13,23-24H,7,11H2,1H3. The fourth-order valence-electron chi connectivity index (χ4n) is 2.80. The third kappa shape index (κ3) is 3.63. The van der Waals surface area contributed by atoms with Gasteiger partial charge in [0.15, 0.2) is 0 Å². The lowest BCUT2D eigenvalue weighted by Crippen LogP contribution is -2.11. The number of aromatic nitrogens is 2. The Morgan fingerprint density at radius 2 is 1.92 bits per heavy atom. The quantitative estimate of drug-likeness (QED) is 0.756. The van der Waals surface area contributed by atoms with Crippen LogP contribution in [0, 0.1) is 5.82 Å². The van der Waals surface area contributed by atoms with Gasteiger partial charge < -0.3 is 14.8 Å². The van der Waals surface area contributed by atoms with Gasteiger partial charge in [-0.2, -0.15) is 0 Å². The minimum atomic E-state index is -0.524. The lowest BCUT2D eigenvalue weighted by atomic mass is 10.1. The Labute approximate surface area is 139 Å². The smallest absolute Gasteiger partial charge is 0.127 e. The average Bonchev–Trinajstić information content (AvgIpc) is 2.89.